The monoisotopic (exact) mass is 123 g/mol. The number of rotatable bonds is 1. The Morgan fingerprint density at radius 2 is 2.00 bits per heavy atom. The summed E-state index contributed by atoms with van der Waals surface area (Å²) in [4.78, 5) is 0. The van der Waals surface area contributed by atoms with Crippen LogP contribution < -0.4 is 0 Å². The largest absolute Gasteiger partial charge is 0.744 e. The molecule has 0 radical (unpaired) electrons. The third kappa shape index (κ3) is 5.45. The minimum absolute atomic E-state index is 0.160. The van der Waals surface area contributed by atoms with Crippen molar-refractivity contribution in [2.24, 2.45) is 0 Å². The minimum atomic E-state index is -4.35. The van der Waals surface area contributed by atoms with Crippen LogP contribution in [0.5, 0.6) is 0 Å². The zero-order valence-corrected chi connectivity index (χ0v) is 4.05. The highest BCUT2D eigenvalue weighted by Crippen LogP contribution is 1.79. The van der Waals surface area contributed by atoms with Crippen molar-refractivity contribution < 1.29 is 18.1 Å². The SMILES string of the molecule is O=S(=O)([O-])/C=C\O. The Bertz CT molecular complexity index is 153. The van der Waals surface area contributed by atoms with E-state index in [0.717, 1.165) is 0 Å². The number of hydrogen-bond acceptors (Lipinski definition) is 4. The highest BCUT2D eigenvalue weighted by molar-refractivity contribution is 7.88. The van der Waals surface area contributed by atoms with E-state index in [4.69, 9.17) is 5.11 Å². The second-order valence-corrected chi connectivity index (χ2v) is 2.04. The molecule has 0 aliphatic rings. The molecular weight excluding hydrogens is 120 g/mol. The highest BCUT2D eigenvalue weighted by atomic mass is 32.2. The fraction of sp³-hybridized carbons (Fsp3) is 0. The van der Waals surface area contributed by atoms with Crippen LogP contribution in [0, 0.1) is 0 Å². The van der Waals surface area contributed by atoms with Gasteiger partial charge in [0.05, 0.1) is 11.7 Å². The molecule has 7 heavy (non-hydrogen) atoms. The topological polar surface area (TPSA) is 77.4 Å². The van der Waals surface area contributed by atoms with Gasteiger partial charge in [-0.25, -0.2) is 8.42 Å². The Morgan fingerprint density at radius 3 is 2.00 bits per heavy atom. The molecule has 0 rings (SSSR count). The van der Waals surface area contributed by atoms with Gasteiger partial charge in [0.25, 0.3) is 0 Å². The van der Waals surface area contributed by atoms with Crippen molar-refractivity contribution in [1.82, 2.24) is 0 Å². The molecule has 0 atom stereocenters. The molecule has 0 aromatic rings. The molecule has 0 saturated heterocycles. The van der Waals surface area contributed by atoms with Crippen molar-refractivity contribution in [3.8, 4) is 0 Å². The predicted octanol–water partition coefficient (Wildman–Crippen LogP) is -0.439. The van der Waals surface area contributed by atoms with E-state index in [1.807, 2.05) is 0 Å². The van der Waals surface area contributed by atoms with Gasteiger partial charge in [0.1, 0.15) is 10.1 Å². The molecule has 0 saturated carbocycles. The van der Waals surface area contributed by atoms with Gasteiger partial charge in [-0.05, 0) is 0 Å². The van der Waals surface area contributed by atoms with Crippen molar-refractivity contribution in [2.75, 3.05) is 0 Å². The van der Waals surface area contributed by atoms with E-state index < -0.39 is 10.1 Å². The Kier molecular flexibility index (Phi) is 1.79. The first-order valence-corrected chi connectivity index (χ1v) is 2.80. The first-order valence-electron chi connectivity index (χ1n) is 1.33. The quantitative estimate of drug-likeness (QED) is 0.378. The van der Waals surface area contributed by atoms with E-state index in [9.17, 15) is 13.0 Å². The summed E-state index contributed by atoms with van der Waals surface area (Å²) in [7, 11) is -4.35. The first-order chi connectivity index (χ1) is 3.06. The Hall–Kier alpha value is -0.550. The molecule has 0 fully saturated rings. The van der Waals surface area contributed by atoms with E-state index in [-0.39, 0.29) is 11.7 Å². The summed E-state index contributed by atoms with van der Waals surface area (Å²) in [6, 6.07) is 0. The van der Waals surface area contributed by atoms with Gasteiger partial charge in [-0.3, -0.25) is 0 Å². The lowest BCUT2D eigenvalue weighted by Crippen LogP contribution is -1.88. The number of aliphatic hydroxyl groups is 1. The van der Waals surface area contributed by atoms with Gasteiger partial charge < -0.3 is 9.66 Å². The lowest BCUT2D eigenvalue weighted by atomic mass is 11.2. The molecule has 0 aliphatic heterocycles. The second-order valence-electron chi connectivity index (χ2n) is 0.778. The van der Waals surface area contributed by atoms with E-state index >= 15 is 0 Å². The molecule has 0 aliphatic carbocycles. The third-order valence-corrected chi connectivity index (χ3v) is 0.683. The summed E-state index contributed by atoms with van der Waals surface area (Å²) in [6.45, 7) is 0. The maximum absolute atomic E-state index is 9.43. The van der Waals surface area contributed by atoms with Crippen LogP contribution in [0.15, 0.2) is 11.7 Å². The maximum Gasteiger partial charge on any atom is 0.120 e. The molecule has 0 bridgehead atoms. The fourth-order valence-electron chi connectivity index (χ4n) is 0.0745. The molecule has 0 amide bonds. The van der Waals surface area contributed by atoms with Gasteiger partial charge >= 0.3 is 0 Å². The normalized spacial score (nSPS) is 12.7. The van der Waals surface area contributed by atoms with Gasteiger partial charge in [0.15, 0.2) is 0 Å². The molecule has 5 heteroatoms. The van der Waals surface area contributed by atoms with Gasteiger partial charge in [0.2, 0.25) is 0 Å². The molecule has 1 N–H and O–H groups in total. The first kappa shape index (κ1) is 6.45. The van der Waals surface area contributed by atoms with Crippen LogP contribution in [-0.2, 0) is 10.1 Å². The van der Waals surface area contributed by atoms with Crippen LogP contribution in [0.25, 0.3) is 0 Å². The van der Waals surface area contributed by atoms with Gasteiger partial charge in [-0.1, -0.05) is 0 Å². The van der Waals surface area contributed by atoms with Crippen molar-refractivity contribution in [3.05, 3.63) is 11.7 Å². The van der Waals surface area contributed by atoms with Gasteiger partial charge in [0, 0.05) is 0 Å². The summed E-state index contributed by atoms with van der Waals surface area (Å²) >= 11 is 0. The fourth-order valence-corrected chi connectivity index (χ4v) is 0.224. The van der Waals surface area contributed by atoms with Crippen molar-refractivity contribution in [1.29, 1.82) is 0 Å². The molecular formula is C2H3O4S-. The van der Waals surface area contributed by atoms with Crippen LogP contribution in [-0.4, -0.2) is 18.1 Å². The van der Waals surface area contributed by atoms with Crippen LogP contribution in [0.3, 0.4) is 0 Å². The minimum Gasteiger partial charge on any atom is -0.744 e. The summed E-state index contributed by atoms with van der Waals surface area (Å²) in [5, 5.41) is 7.80. The average molecular weight is 123 g/mol. The van der Waals surface area contributed by atoms with Crippen LogP contribution in [0.1, 0.15) is 0 Å². The molecule has 0 aromatic heterocycles. The smallest absolute Gasteiger partial charge is 0.120 e. The molecule has 0 spiro atoms. The lowest BCUT2D eigenvalue weighted by molar-refractivity contribution is 0.460. The molecule has 0 aromatic carbocycles. The van der Waals surface area contributed by atoms with E-state index in [2.05, 4.69) is 0 Å². The third-order valence-electron chi connectivity index (χ3n) is 0.228. The summed E-state index contributed by atoms with van der Waals surface area (Å²) in [6.07, 6.45) is 0.183. The standard InChI is InChI=1S/C2H4O4S/c3-1-2-7(4,5)6/h1-3H,(H,4,5,6)/p-1/b2-1-. The van der Waals surface area contributed by atoms with Crippen molar-refractivity contribution in [2.45, 2.75) is 0 Å². The molecule has 4 nitrogen and oxygen atoms in total. The summed E-state index contributed by atoms with van der Waals surface area (Å²) in [5.41, 5.74) is 0. The summed E-state index contributed by atoms with van der Waals surface area (Å²) in [5.74, 6) is 0. The number of aliphatic hydroxyl groups excluding tert-OH is 1. The zero-order chi connectivity index (χ0) is 5.91. The van der Waals surface area contributed by atoms with Gasteiger partial charge in [-0.2, -0.15) is 0 Å². The highest BCUT2D eigenvalue weighted by Gasteiger charge is 1.78. The van der Waals surface area contributed by atoms with Crippen LogP contribution in [0.2, 0.25) is 0 Å². The zero-order valence-electron chi connectivity index (χ0n) is 3.23. The average Bonchev–Trinajstić information content (AvgIpc) is 1.30. The molecule has 0 unspecified atom stereocenters. The van der Waals surface area contributed by atoms with Crippen molar-refractivity contribution >= 4 is 10.1 Å². The Labute approximate surface area is 40.8 Å². The maximum atomic E-state index is 9.43. The molecule has 0 heterocycles. The second kappa shape index (κ2) is 1.94. The van der Waals surface area contributed by atoms with Crippen molar-refractivity contribution in [3.63, 3.8) is 0 Å². The van der Waals surface area contributed by atoms with Gasteiger partial charge in [-0.15, -0.1) is 0 Å². The predicted molar refractivity (Wildman–Crippen MR) is 21.5 cm³/mol. The molecule has 42 valence electrons. The van der Waals surface area contributed by atoms with E-state index in [1.165, 1.54) is 0 Å². The Morgan fingerprint density at radius 1 is 1.57 bits per heavy atom. The van der Waals surface area contributed by atoms with E-state index in [1.54, 1.807) is 0 Å². The van der Waals surface area contributed by atoms with Crippen LogP contribution >= 0.6 is 0 Å². The van der Waals surface area contributed by atoms with E-state index in [0.29, 0.717) is 0 Å². The lowest BCUT2D eigenvalue weighted by Gasteiger charge is -1.93. The summed E-state index contributed by atoms with van der Waals surface area (Å²) < 4.78 is 28.3. The number of hydrogen-bond donors (Lipinski definition) is 1. The van der Waals surface area contributed by atoms with Crippen LogP contribution in [0.4, 0.5) is 0 Å². The Balaban J connectivity index is 4.13.